The Morgan fingerprint density at radius 1 is 1.25 bits per heavy atom. The summed E-state index contributed by atoms with van der Waals surface area (Å²) in [6.45, 7) is 4.64. The minimum atomic E-state index is 0.367. The van der Waals surface area contributed by atoms with E-state index in [-0.39, 0.29) is 0 Å². The lowest BCUT2D eigenvalue weighted by Crippen LogP contribution is -2.13. The average Bonchev–Trinajstić information content (AvgIpc) is 2.66. The second kappa shape index (κ2) is 4.56. The van der Waals surface area contributed by atoms with Gasteiger partial charge in [-0.1, -0.05) is 43.1 Å². The fraction of sp³-hybridized carbons (Fsp3) is 0.333. The summed E-state index contributed by atoms with van der Waals surface area (Å²) in [4.78, 5) is 1.93. The first-order valence-corrected chi connectivity index (χ1v) is 5.90. The lowest BCUT2D eigenvalue weighted by atomic mass is 10.2. The normalized spacial score (nSPS) is 15.3. The van der Waals surface area contributed by atoms with Crippen molar-refractivity contribution in [2.24, 2.45) is 5.92 Å². The molecule has 0 saturated carbocycles. The zero-order valence-electron chi connectivity index (χ0n) is 9.21. The smallest absolute Gasteiger partial charge is 0.165 e. The molecule has 0 radical (unpaired) electrons. The molecule has 4 heteroatoms. The lowest BCUT2D eigenvalue weighted by molar-refractivity contribution is 0.217. The number of rotatable bonds is 2. The van der Waals surface area contributed by atoms with Crippen molar-refractivity contribution >= 4 is 28.9 Å². The van der Waals surface area contributed by atoms with E-state index < -0.39 is 0 Å². The molecule has 0 aromatic heterocycles. The monoisotopic (exact) mass is 257 g/mol. The predicted molar refractivity (Wildman–Crippen MR) is 67.8 cm³/mol. The third kappa shape index (κ3) is 2.13. The Morgan fingerprint density at radius 3 is 2.38 bits per heavy atom. The molecule has 0 aliphatic carbocycles. The van der Waals surface area contributed by atoms with Gasteiger partial charge in [-0.15, -0.1) is 0 Å². The highest BCUT2D eigenvalue weighted by molar-refractivity contribution is 6.39. The second-order valence-corrected chi connectivity index (χ2v) is 4.81. The first kappa shape index (κ1) is 11.6. The van der Waals surface area contributed by atoms with Crippen LogP contribution in [0.5, 0.6) is 0 Å². The van der Waals surface area contributed by atoms with Crippen molar-refractivity contribution in [3.05, 3.63) is 40.2 Å². The maximum atomic E-state index is 6.13. The maximum absolute atomic E-state index is 6.13. The van der Waals surface area contributed by atoms with E-state index >= 15 is 0 Å². The molecule has 0 fully saturated rings. The fourth-order valence-corrected chi connectivity index (χ4v) is 2.20. The minimum Gasteiger partial charge on any atom is -0.475 e. The molecule has 2 nitrogen and oxygen atoms in total. The van der Waals surface area contributed by atoms with Gasteiger partial charge in [-0.3, -0.25) is 0 Å². The van der Waals surface area contributed by atoms with E-state index in [2.05, 4.69) is 13.8 Å². The highest BCUT2D eigenvalue weighted by Gasteiger charge is 2.20. The predicted octanol–water partition coefficient (Wildman–Crippen LogP) is 4.28. The molecule has 0 spiro atoms. The van der Waals surface area contributed by atoms with Crippen molar-refractivity contribution in [3.63, 3.8) is 0 Å². The van der Waals surface area contributed by atoms with Crippen LogP contribution in [0.4, 0.5) is 5.69 Å². The molecule has 1 heterocycles. The number of ether oxygens (including phenoxy) is 1. The highest BCUT2D eigenvalue weighted by Crippen LogP contribution is 2.36. The highest BCUT2D eigenvalue weighted by atomic mass is 35.5. The van der Waals surface area contributed by atoms with Crippen LogP contribution in [-0.4, -0.2) is 6.73 Å². The Labute approximate surface area is 105 Å². The van der Waals surface area contributed by atoms with Gasteiger partial charge in [-0.2, -0.15) is 0 Å². The molecule has 86 valence electrons. The third-order valence-electron chi connectivity index (χ3n) is 2.45. The summed E-state index contributed by atoms with van der Waals surface area (Å²) >= 11 is 12.3. The van der Waals surface area contributed by atoms with Crippen molar-refractivity contribution in [1.82, 2.24) is 0 Å². The van der Waals surface area contributed by atoms with Gasteiger partial charge in [-0.25, -0.2) is 0 Å². The maximum Gasteiger partial charge on any atom is 0.165 e. The summed E-state index contributed by atoms with van der Waals surface area (Å²) in [5, 5.41) is 1.27. The first-order valence-electron chi connectivity index (χ1n) is 5.14. The van der Waals surface area contributed by atoms with E-state index in [0.717, 1.165) is 11.4 Å². The average molecular weight is 258 g/mol. The van der Waals surface area contributed by atoms with Crippen LogP contribution in [0.25, 0.3) is 0 Å². The van der Waals surface area contributed by atoms with Crippen molar-refractivity contribution in [3.8, 4) is 0 Å². The molecule has 16 heavy (non-hydrogen) atoms. The number of hydrogen-bond donors (Lipinski definition) is 0. The van der Waals surface area contributed by atoms with Crippen molar-refractivity contribution < 1.29 is 4.74 Å². The van der Waals surface area contributed by atoms with E-state index in [4.69, 9.17) is 27.9 Å². The van der Waals surface area contributed by atoms with Crippen molar-refractivity contribution in [2.75, 3.05) is 11.6 Å². The molecule has 1 aliphatic heterocycles. The first-order chi connectivity index (χ1) is 7.59. The number of allylic oxidation sites excluding steroid dienone is 1. The van der Waals surface area contributed by atoms with Crippen LogP contribution < -0.4 is 4.90 Å². The van der Waals surface area contributed by atoms with Crippen LogP contribution in [-0.2, 0) is 4.74 Å². The van der Waals surface area contributed by atoms with E-state index in [1.165, 1.54) is 0 Å². The third-order valence-corrected chi connectivity index (χ3v) is 3.06. The Morgan fingerprint density at radius 2 is 1.88 bits per heavy atom. The topological polar surface area (TPSA) is 12.5 Å². The number of anilines is 1. The summed E-state index contributed by atoms with van der Waals surface area (Å²) in [7, 11) is 0. The molecule has 2 rings (SSSR count). The summed E-state index contributed by atoms with van der Waals surface area (Å²) in [6, 6.07) is 5.48. The van der Waals surface area contributed by atoms with Crippen LogP contribution >= 0.6 is 23.2 Å². The second-order valence-electron chi connectivity index (χ2n) is 4.00. The van der Waals surface area contributed by atoms with Crippen LogP contribution in [0.15, 0.2) is 30.2 Å². The Kier molecular flexibility index (Phi) is 3.31. The Balaban J connectivity index is 2.33. The molecular formula is C12H13Cl2NO. The van der Waals surface area contributed by atoms with Gasteiger partial charge < -0.3 is 9.64 Å². The summed E-state index contributed by atoms with van der Waals surface area (Å²) in [6.07, 6.45) is 1.96. The number of benzene rings is 1. The number of halogens is 2. The van der Waals surface area contributed by atoms with Gasteiger partial charge >= 0.3 is 0 Å². The molecule has 0 atom stereocenters. The van der Waals surface area contributed by atoms with Crippen molar-refractivity contribution in [2.45, 2.75) is 13.8 Å². The van der Waals surface area contributed by atoms with E-state index in [1.54, 1.807) is 0 Å². The molecule has 1 aromatic rings. The molecular weight excluding hydrogens is 245 g/mol. The van der Waals surface area contributed by atoms with E-state index in [9.17, 15) is 0 Å². The minimum absolute atomic E-state index is 0.367. The van der Waals surface area contributed by atoms with Gasteiger partial charge in [0.15, 0.2) is 6.73 Å². The van der Waals surface area contributed by atoms with Crippen LogP contribution in [0, 0.1) is 5.92 Å². The fourth-order valence-electron chi connectivity index (χ4n) is 1.58. The summed E-state index contributed by atoms with van der Waals surface area (Å²) in [5.74, 6) is 1.32. The molecule has 0 saturated heterocycles. The van der Waals surface area contributed by atoms with E-state index in [0.29, 0.717) is 22.7 Å². The Hall–Kier alpha value is -0.860. The molecule has 0 amide bonds. The molecule has 1 aliphatic rings. The van der Waals surface area contributed by atoms with Crippen molar-refractivity contribution in [1.29, 1.82) is 0 Å². The SMILES string of the molecule is CC(C)C1=CN(c2c(Cl)cccc2Cl)CO1. The van der Waals surface area contributed by atoms with Gasteiger partial charge in [0, 0.05) is 12.1 Å². The number of hydrogen-bond acceptors (Lipinski definition) is 2. The number of para-hydroxylation sites is 1. The number of nitrogens with zero attached hydrogens (tertiary/aromatic N) is 1. The van der Waals surface area contributed by atoms with E-state index in [1.807, 2.05) is 29.3 Å². The van der Waals surface area contributed by atoms with Crippen LogP contribution in [0.1, 0.15) is 13.8 Å². The summed E-state index contributed by atoms with van der Waals surface area (Å²) in [5.41, 5.74) is 0.807. The lowest BCUT2D eigenvalue weighted by Gasteiger charge is -2.16. The largest absolute Gasteiger partial charge is 0.475 e. The van der Waals surface area contributed by atoms with Gasteiger partial charge in [0.25, 0.3) is 0 Å². The molecule has 0 N–H and O–H groups in total. The Bertz CT molecular complexity index is 409. The van der Waals surface area contributed by atoms with Gasteiger partial charge in [-0.05, 0) is 12.1 Å². The summed E-state index contributed by atoms with van der Waals surface area (Å²) < 4.78 is 5.56. The molecule has 0 bridgehead atoms. The zero-order valence-corrected chi connectivity index (χ0v) is 10.7. The quantitative estimate of drug-likeness (QED) is 0.784. The van der Waals surface area contributed by atoms with Gasteiger partial charge in [0.05, 0.1) is 15.7 Å². The van der Waals surface area contributed by atoms with Gasteiger partial charge in [0.2, 0.25) is 0 Å². The standard InChI is InChI=1S/C12H13Cl2NO/c1-8(2)11-6-15(7-16-11)12-9(13)4-3-5-10(12)14/h3-6,8H,7H2,1-2H3. The molecule has 1 aromatic carbocycles. The van der Waals surface area contributed by atoms with Gasteiger partial charge in [0.1, 0.15) is 5.76 Å². The molecule has 0 unspecified atom stereocenters. The van der Waals surface area contributed by atoms with Crippen LogP contribution in [0.3, 0.4) is 0 Å². The zero-order chi connectivity index (χ0) is 11.7. The van der Waals surface area contributed by atoms with Crippen LogP contribution in [0.2, 0.25) is 10.0 Å².